The molecule has 3 aromatic heterocycles. The molecule has 2 aliphatic carbocycles. The highest BCUT2D eigenvalue weighted by Crippen LogP contribution is 2.41. The number of allylic oxidation sites excluding steroid dienone is 4. The van der Waals surface area contributed by atoms with Gasteiger partial charge in [0.25, 0.3) is 0 Å². The number of hydrogen-bond donors (Lipinski definition) is 3. The SMILES string of the molecule is Nc1c(Br)c(C2CCC(C(O)CO)CC2)nc2c(-c3ccc(C4C=CC=CC4)nc3)cnn12. The van der Waals surface area contributed by atoms with Crippen LogP contribution in [0.2, 0.25) is 0 Å². The molecule has 172 valence electrons. The van der Waals surface area contributed by atoms with Crippen LogP contribution in [0.3, 0.4) is 0 Å². The van der Waals surface area contributed by atoms with E-state index in [4.69, 9.17) is 15.7 Å². The maximum Gasteiger partial charge on any atom is 0.165 e. The van der Waals surface area contributed by atoms with Crippen LogP contribution in [0.15, 0.2) is 53.3 Å². The monoisotopic (exact) mass is 509 g/mol. The summed E-state index contributed by atoms with van der Waals surface area (Å²) in [7, 11) is 0. The van der Waals surface area contributed by atoms with Crippen molar-refractivity contribution in [2.45, 2.75) is 50.0 Å². The molecule has 0 bridgehead atoms. The average Bonchev–Trinajstić information content (AvgIpc) is 3.30. The Labute approximate surface area is 201 Å². The lowest BCUT2D eigenvalue weighted by Crippen LogP contribution is -2.28. The Morgan fingerprint density at radius 1 is 1.15 bits per heavy atom. The quantitative estimate of drug-likeness (QED) is 0.471. The minimum atomic E-state index is -0.646. The van der Waals surface area contributed by atoms with Gasteiger partial charge in [-0.25, -0.2) is 4.98 Å². The molecule has 0 spiro atoms. The van der Waals surface area contributed by atoms with E-state index in [1.165, 1.54) is 0 Å². The topological polar surface area (TPSA) is 110 Å². The number of nitrogens with two attached hydrogens (primary N) is 1. The van der Waals surface area contributed by atoms with Crippen LogP contribution in [0.4, 0.5) is 5.82 Å². The van der Waals surface area contributed by atoms with Crippen molar-refractivity contribution in [3.63, 3.8) is 0 Å². The van der Waals surface area contributed by atoms with Crippen molar-refractivity contribution in [2.24, 2.45) is 5.92 Å². The van der Waals surface area contributed by atoms with Crippen LogP contribution in [0.5, 0.6) is 0 Å². The van der Waals surface area contributed by atoms with Gasteiger partial charge < -0.3 is 15.9 Å². The van der Waals surface area contributed by atoms with Crippen molar-refractivity contribution in [3.05, 3.63) is 64.7 Å². The predicted molar refractivity (Wildman–Crippen MR) is 132 cm³/mol. The van der Waals surface area contributed by atoms with Gasteiger partial charge in [-0.3, -0.25) is 4.98 Å². The maximum atomic E-state index is 10.00. The Hall–Kier alpha value is -2.55. The fourth-order valence-electron chi connectivity index (χ4n) is 5.00. The molecule has 2 unspecified atom stereocenters. The summed E-state index contributed by atoms with van der Waals surface area (Å²) in [5.41, 5.74) is 11.0. The lowest BCUT2D eigenvalue weighted by Gasteiger charge is -2.31. The van der Waals surface area contributed by atoms with Crippen LogP contribution in [0.1, 0.15) is 55.3 Å². The van der Waals surface area contributed by atoms with E-state index in [0.717, 1.165) is 64.7 Å². The summed E-state index contributed by atoms with van der Waals surface area (Å²) in [6.45, 7) is -0.185. The number of halogens is 1. The minimum Gasteiger partial charge on any atom is -0.394 e. The lowest BCUT2D eigenvalue weighted by atomic mass is 9.78. The molecule has 3 aromatic rings. The smallest absolute Gasteiger partial charge is 0.165 e. The Kier molecular flexibility index (Phi) is 6.32. The number of fused-ring (bicyclic) bond motifs is 1. The second-order valence-electron chi connectivity index (χ2n) is 8.98. The van der Waals surface area contributed by atoms with E-state index in [1.54, 1.807) is 10.7 Å². The van der Waals surface area contributed by atoms with E-state index in [1.807, 2.05) is 6.20 Å². The van der Waals surface area contributed by atoms with Gasteiger partial charge in [-0.1, -0.05) is 30.4 Å². The van der Waals surface area contributed by atoms with Gasteiger partial charge in [-0.2, -0.15) is 9.61 Å². The number of aliphatic hydroxyl groups is 2. The molecule has 8 heteroatoms. The van der Waals surface area contributed by atoms with E-state index < -0.39 is 6.10 Å². The second-order valence-corrected chi connectivity index (χ2v) is 9.77. The Morgan fingerprint density at radius 2 is 1.97 bits per heavy atom. The first kappa shape index (κ1) is 22.3. The van der Waals surface area contributed by atoms with Gasteiger partial charge in [0.2, 0.25) is 0 Å². The summed E-state index contributed by atoms with van der Waals surface area (Å²) in [4.78, 5) is 9.73. The summed E-state index contributed by atoms with van der Waals surface area (Å²) in [6, 6.07) is 4.15. The molecule has 0 saturated heterocycles. The summed E-state index contributed by atoms with van der Waals surface area (Å²) < 4.78 is 2.45. The number of pyridine rings is 1. The van der Waals surface area contributed by atoms with Gasteiger partial charge in [-0.15, -0.1) is 0 Å². The zero-order chi connectivity index (χ0) is 22.9. The van der Waals surface area contributed by atoms with E-state index in [0.29, 0.717) is 11.7 Å². The van der Waals surface area contributed by atoms with E-state index >= 15 is 0 Å². The molecule has 0 aromatic carbocycles. The highest BCUT2D eigenvalue weighted by molar-refractivity contribution is 9.10. The van der Waals surface area contributed by atoms with E-state index in [9.17, 15) is 10.2 Å². The molecule has 3 heterocycles. The third-order valence-electron chi connectivity index (χ3n) is 7.00. The first-order valence-electron chi connectivity index (χ1n) is 11.5. The molecule has 2 atom stereocenters. The van der Waals surface area contributed by atoms with Crippen molar-refractivity contribution in [3.8, 4) is 11.1 Å². The first-order chi connectivity index (χ1) is 16.1. The Balaban J connectivity index is 1.45. The molecule has 33 heavy (non-hydrogen) atoms. The Bertz CT molecular complexity index is 1200. The average molecular weight is 510 g/mol. The summed E-state index contributed by atoms with van der Waals surface area (Å²) in [6.07, 6.45) is 16.0. The van der Waals surface area contributed by atoms with Crippen LogP contribution in [0.25, 0.3) is 16.8 Å². The molecule has 5 rings (SSSR count). The Morgan fingerprint density at radius 3 is 2.64 bits per heavy atom. The van der Waals surface area contributed by atoms with Gasteiger partial charge in [-0.05, 0) is 60.0 Å². The summed E-state index contributed by atoms with van der Waals surface area (Å²) >= 11 is 3.65. The fraction of sp³-hybridized carbons (Fsp3) is 0.400. The number of aromatic nitrogens is 4. The van der Waals surface area contributed by atoms with Gasteiger partial charge >= 0.3 is 0 Å². The predicted octanol–water partition coefficient (Wildman–Crippen LogP) is 4.36. The van der Waals surface area contributed by atoms with Crippen LogP contribution >= 0.6 is 15.9 Å². The van der Waals surface area contributed by atoms with Crippen molar-refractivity contribution in [2.75, 3.05) is 12.3 Å². The van der Waals surface area contributed by atoms with E-state index in [-0.39, 0.29) is 18.4 Å². The zero-order valence-electron chi connectivity index (χ0n) is 18.3. The minimum absolute atomic E-state index is 0.135. The van der Waals surface area contributed by atoms with Crippen molar-refractivity contribution < 1.29 is 10.2 Å². The molecule has 0 amide bonds. The number of aliphatic hydroxyl groups excluding tert-OH is 2. The molecular formula is C25H28BrN5O2. The third-order valence-corrected chi connectivity index (χ3v) is 7.81. The zero-order valence-corrected chi connectivity index (χ0v) is 19.9. The van der Waals surface area contributed by atoms with Crippen LogP contribution in [-0.2, 0) is 0 Å². The summed E-state index contributed by atoms with van der Waals surface area (Å²) in [5, 5.41) is 23.8. The third kappa shape index (κ3) is 4.23. The molecular weight excluding hydrogens is 482 g/mol. The number of anilines is 1. The highest BCUT2D eigenvalue weighted by atomic mass is 79.9. The van der Waals surface area contributed by atoms with Gasteiger partial charge in [0.05, 0.1) is 29.1 Å². The molecule has 1 saturated carbocycles. The van der Waals surface area contributed by atoms with Crippen LogP contribution in [-0.4, -0.2) is 42.5 Å². The summed E-state index contributed by atoms with van der Waals surface area (Å²) in [5.74, 6) is 1.21. The number of nitrogen functional groups attached to an aromatic ring is 1. The molecule has 0 aliphatic heterocycles. The standard InChI is InChI=1S/C25H28BrN5O2/c26-22-23(17-8-6-16(7-9-17)21(33)14-32)30-25-19(13-29-31(25)24(22)27)18-10-11-20(28-12-18)15-4-2-1-3-5-15/h1-4,10-13,15-17,21,32-33H,5-9,14,27H2. The highest BCUT2D eigenvalue weighted by Gasteiger charge is 2.30. The van der Waals surface area contributed by atoms with Crippen molar-refractivity contribution in [1.82, 2.24) is 19.6 Å². The van der Waals surface area contributed by atoms with Gasteiger partial charge in [0, 0.05) is 34.9 Å². The largest absolute Gasteiger partial charge is 0.394 e. The van der Waals surface area contributed by atoms with Crippen molar-refractivity contribution >= 4 is 27.4 Å². The second kappa shape index (κ2) is 9.37. The molecule has 2 aliphatic rings. The molecule has 1 fully saturated rings. The number of rotatable bonds is 5. The van der Waals surface area contributed by atoms with Gasteiger partial charge in [0.15, 0.2) is 5.65 Å². The molecule has 4 N–H and O–H groups in total. The normalized spacial score (nSPS) is 23.8. The fourth-order valence-corrected chi connectivity index (χ4v) is 5.58. The van der Waals surface area contributed by atoms with E-state index in [2.05, 4.69) is 57.5 Å². The molecule has 0 radical (unpaired) electrons. The van der Waals surface area contributed by atoms with Crippen LogP contribution in [0, 0.1) is 5.92 Å². The van der Waals surface area contributed by atoms with Crippen LogP contribution < -0.4 is 5.73 Å². The first-order valence-corrected chi connectivity index (χ1v) is 12.3. The number of hydrogen-bond acceptors (Lipinski definition) is 6. The molecule has 7 nitrogen and oxygen atoms in total. The number of nitrogens with zero attached hydrogens (tertiary/aromatic N) is 4. The van der Waals surface area contributed by atoms with Gasteiger partial charge in [0.1, 0.15) is 5.82 Å². The van der Waals surface area contributed by atoms with Crippen molar-refractivity contribution in [1.29, 1.82) is 0 Å². The lowest BCUT2D eigenvalue weighted by molar-refractivity contribution is 0.0300. The maximum absolute atomic E-state index is 10.00.